The molecule has 6 heteroatoms. The molecule has 2 aromatic carbocycles. The SMILES string of the molecule is CC(C)N1Cc2cc3c(c(F)c2C1=O)C(C)(N1Cc2ccc(F)cc2C1=O)C3. The average Bonchev–Trinajstić information content (AvgIpc) is 3.12. The van der Waals surface area contributed by atoms with Gasteiger partial charge in [0.05, 0.1) is 11.1 Å². The van der Waals surface area contributed by atoms with Gasteiger partial charge in [0.1, 0.15) is 11.6 Å². The first-order valence-electron chi connectivity index (χ1n) is 9.48. The van der Waals surface area contributed by atoms with Gasteiger partial charge < -0.3 is 9.80 Å². The Morgan fingerprint density at radius 1 is 1.00 bits per heavy atom. The van der Waals surface area contributed by atoms with Crippen molar-refractivity contribution < 1.29 is 18.4 Å². The lowest BCUT2D eigenvalue weighted by Gasteiger charge is -2.48. The van der Waals surface area contributed by atoms with Crippen LogP contribution in [0.1, 0.15) is 63.7 Å². The maximum Gasteiger partial charge on any atom is 0.257 e. The molecule has 0 spiro atoms. The molecule has 0 N–H and O–H groups in total. The molecule has 3 aliphatic rings. The van der Waals surface area contributed by atoms with Gasteiger partial charge in [-0.15, -0.1) is 0 Å². The number of amides is 2. The van der Waals surface area contributed by atoms with Crippen molar-refractivity contribution in [2.75, 3.05) is 0 Å². The lowest BCUT2D eigenvalue weighted by atomic mass is 9.69. The van der Waals surface area contributed by atoms with Crippen LogP contribution in [-0.2, 0) is 25.0 Å². The number of benzene rings is 2. The molecule has 28 heavy (non-hydrogen) atoms. The van der Waals surface area contributed by atoms with Crippen LogP contribution in [0.5, 0.6) is 0 Å². The summed E-state index contributed by atoms with van der Waals surface area (Å²) in [4.78, 5) is 28.9. The van der Waals surface area contributed by atoms with Gasteiger partial charge in [-0.3, -0.25) is 9.59 Å². The molecule has 5 rings (SSSR count). The highest BCUT2D eigenvalue weighted by Gasteiger charge is 2.52. The summed E-state index contributed by atoms with van der Waals surface area (Å²) >= 11 is 0. The Balaban J connectivity index is 1.57. The fraction of sp³-hybridized carbons (Fsp3) is 0.364. The normalized spacial score (nSPS) is 22.5. The summed E-state index contributed by atoms with van der Waals surface area (Å²) in [5, 5.41) is 0. The summed E-state index contributed by atoms with van der Waals surface area (Å²) in [7, 11) is 0. The quantitative estimate of drug-likeness (QED) is 0.794. The van der Waals surface area contributed by atoms with Crippen LogP contribution < -0.4 is 0 Å². The molecular formula is C22H20F2N2O2. The first-order chi connectivity index (χ1) is 13.2. The van der Waals surface area contributed by atoms with Crippen LogP contribution >= 0.6 is 0 Å². The Labute approximate surface area is 161 Å². The number of halogens is 2. The van der Waals surface area contributed by atoms with Crippen LogP contribution in [-0.4, -0.2) is 27.7 Å². The largest absolute Gasteiger partial charge is 0.332 e. The van der Waals surface area contributed by atoms with Crippen LogP contribution in [0.15, 0.2) is 24.3 Å². The highest BCUT2D eigenvalue weighted by molar-refractivity contribution is 6.01. The molecule has 0 fully saturated rings. The van der Waals surface area contributed by atoms with Crippen molar-refractivity contribution in [1.29, 1.82) is 0 Å². The van der Waals surface area contributed by atoms with Crippen molar-refractivity contribution in [3.05, 3.63) is 69.3 Å². The second kappa shape index (κ2) is 5.40. The number of hydrogen-bond acceptors (Lipinski definition) is 2. The average molecular weight is 382 g/mol. The van der Waals surface area contributed by atoms with Gasteiger partial charge >= 0.3 is 0 Å². The monoisotopic (exact) mass is 382 g/mol. The maximum absolute atomic E-state index is 15.5. The summed E-state index contributed by atoms with van der Waals surface area (Å²) in [6.45, 7) is 6.37. The molecule has 2 amide bonds. The lowest BCUT2D eigenvalue weighted by Crippen LogP contribution is -2.52. The zero-order valence-electron chi connectivity index (χ0n) is 16.0. The first-order valence-corrected chi connectivity index (χ1v) is 9.48. The van der Waals surface area contributed by atoms with Crippen molar-refractivity contribution in [2.24, 2.45) is 0 Å². The third-order valence-corrected chi connectivity index (χ3v) is 6.41. The Kier molecular flexibility index (Phi) is 3.35. The predicted molar refractivity (Wildman–Crippen MR) is 98.7 cm³/mol. The van der Waals surface area contributed by atoms with E-state index in [9.17, 15) is 14.0 Å². The lowest BCUT2D eigenvalue weighted by molar-refractivity contribution is 0.0446. The van der Waals surface area contributed by atoms with Crippen molar-refractivity contribution in [1.82, 2.24) is 9.80 Å². The van der Waals surface area contributed by atoms with E-state index in [0.29, 0.717) is 30.6 Å². The van der Waals surface area contributed by atoms with Crippen LogP contribution in [0, 0.1) is 11.6 Å². The fourth-order valence-corrected chi connectivity index (χ4v) is 4.91. The van der Waals surface area contributed by atoms with Crippen molar-refractivity contribution >= 4 is 11.8 Å². The van der Waals surface area contributed by atoms with E-state index in [1.165, 1.54) is 12.1 Å². The number of nitrogens with zero attached hydrogens (tertiary/aromatic N) is 2. The first kappa shape index (κ1) is 17.3. The van der Waals surface area contributed by atoms with Crippen molar-refractivity contribution in [3.8, 4) is 0 Å². The summed E-state index contributed by atoms with van der Waals surface area (Å²) in [6.07, 6.45) is 0.518. The minimum Gasteiger partial charge on any atom is -0.332 e. The Morgan fingerprint density at radius 3 is 2.46 bits per heavy atom. The highest BCUT2D eigenvalue weighted by Crippen LogP contribution is 2.50. The molecule has 4 nitrogen and oxygen atoms in total. The summed E-state index contributed by atoms with van der Waals surface area (Å²) in [6, 6.07) is 6.07. The standard InChI is InChI=1S/C22H20F2N2O2/c1-11(2)25-9-14-6-13-8-22(3,18(13)19(24)17(14)21(25)28)26-10-12-4-5-15(23)7-16(12)20(26)27/h4-7,11H,8-10H2,1-3H3. The van der Waals surface area contributed by atoms with Crippen LogP contribution in [0.4, 0.5) is 8.78 Å². The molecule has 1 unspecified atom stereocenters. The van der Waals surface area contributed by atoms with Gasteiger partial charge in [0.15, 0.2) is 0 Å². The number of hydrogen-bond donors (Lipinski definition) is 0. The number of fused-ring (bicyclic) bond motifs is 3. The number of carbonyl (C=O) groups excluding carboxylic acids is 2. The van der Waals surface area contributed by atoms with E-state index < -0.39 is 17.2 Å². The van der Waals surface area contributed by atoms with Gasteiger partial charge in [0.2, 0.25) is 0 Å². The second-order valence-electron chi connectivity index (χ2n) is 8.43. The molecule has 2 aliphatic heterocycles. The van der Waals surface area contributed by atoms with Crippen molar-refractivity contribution in [2.45, 2.75) is 51.9 Å². The highest BCUT2D eigenvalue weighted by atomic mass is 19.1. The van der Waals surface area contributed by atoms with Gasteiger partial charge in [-0.2, -0.15) is 0 Å². The molecule has 0 saturated heterocycles. The molecule has 0 radical (unpaired) electrons. The molecule has 0 bridgehead atoms. The molecule has 2 heterocycles. The zero-order chi connectivity index (χ0) is 20.0. The van der Waals surface area contributed by atoms with Gasteiger partial charge in [0, 0.05) is 36.7 Å². The molecule has 1 aliphatic carbocycles. The van der Waals surface area contributed by atoms with Crippen molar-refractivity contribution in [3.63, 3.8) is 0 Å². The van der Waals surface area contributed by atoms with Gasteiger partial charge in [-0.25, -0.2) is 8.78 Å². The summed E-state index contributed by atoms with van der Waals surface area (Å²) < 4.78 is 29.1. The van der Waals surface area contributed by atoms with Gasteiger partial charge in [-0.05, 0) is 49.6 Å². The smallest absolute Gasteiger partial charge is 0.257 e. The predicted octanol–water partition coefficient (Wildman–Crippen LogP) is 3.76. The van der Waals surface area contributed by atoms with E-state index in [4.69, 9.17) is 0 Å². The summed E-state index contributed by atoms with van der Waals surface area (Å²) in [5.74, 6) is -1.56. The van der Waals surface area contributed by atoms with Crippen LogP contribution in [0.25, 0.3) is 0 Å². The molecule has 1 atom stereocenters. The molecule has 144 valence electrons. The second-order valence-corrected chi connectivity index (χ2v) is 8.43. The van der Waals surface area contributed by atoms with E-state index in [1.54, 1.807) is 15.9 Å². The molecule has 0 aromatic heterocycles. The fourth-order valence-electron chi connectivity index (χ4n) is 4.91. The Bertz CT molecular complexity index is 1080. The number of carbonyl (C=O) groups is 2. The zero-order valence-corrected chi connectivity index (χ0v) is 16.0. The van der Waals surface area contributed by atoms with E-state index in [0.717, 1.165) is 16.7 Å². The summed E-state index contributed by atoms with van der Waals surface area (Å²) in [5.41, 5.74) is 2.35. The Hall–Kier alpha value is -2.76. The van der Waals surface area contributed by atoms with Gasteiger partial charge in [0.25, 0.3) is 11.8 Å². The van der Waals surface area contributed by atoms with Gasteiger partial charge in [-0.1, -0.05) is 12.1 Å². The molecule has 2 aromatic rings. The minimum absolute atomic E-state index is 0.0112. The van der Waals surface area contributed by atoms with E-state index in [1.807, 2.05) is 26.8 Å². The van der Waals surface area contributed by atoms with E-state index in [-0.39, 0.29) is 23.4 Å². The van der Waals surface area contributed by atoms with Crippen LogP contribution in [0.3, 0.4) is 0 Å². The Morgan fingerprint density at radius 2 is 1.75 bits per heavy atom. The molecule has 0 saturated carbocycles. The third kappa shape index (κ3) is 2.03. The van der Waals surface area contributed by atoms with E-state index >= 15 is 4.39 Å². The molecular weight excluding hydrogens is 362 g/mol. The van der Waals surface area contributed by atoms with Crippen LogP contribution in [0.2, 0.25) is 0 Å². The van der Waals surface area contributed by atoms with E-state index in [2.05, 4.69) is 0 Å². The minimum atomic E-state index is -0.841. The maximum atomic E-state index is 15.5. The third-order valence-electron chi connectivity index (χ3n) is 6.41. The topological polar surface area (TPSA) is 40.6 Å². The number of rotatable bonds is 2.